The highest BCUT2D eigenvalue weighted by molar-refractivity contribution is 6.10. The first-order valence-corrected chi connectivity index (χ1v) is 20.1. The highest BCUT2D eigenvalue weighted by Crippen LogP contribution is 2.56. The fraction of sp³-hybridized carbons (Fsp3) is 0.0179. The molecule has 0 bridgehead atoms. The van der Waals surface area contributed by atoms with Crippen LogP contribution in [0.5, 0.6) is 0 Å². The summed E-state index contributed by atoms with van der Waals surface area (Å²) in [5.74, 6) is 0. The van der Waals surface area contributed by atoms with Crippen molar-refractivity contribution in [3.05, 3.63) is 252 Å². The minimum absolute atomic E-state index is 0.461. The molecule has 0 amide bonds. The number of hydrogen-bond acceptors (Lipinski definition) is 2. The Morgan fingerprint density at radius 3 is 1.64 bits per heavy atom. The van der Waals surface area contributed by atoms with E-state index >= 15 is 0 Å². The topological polar surface area (TPSA) is 32.0 Å². The number of fused-ring (bicyclic) bond motifs is 6. The second-order valence-corrected chi connectivity index (χ2v) is 15.2. The molecule has 0 atom stereocenters. The Bertz CT molecular complexity index is 3150. The molecule has 276 valence electrons. The fourth-order valence-electron chi connectivity index (χ4n) is 9.51. The van der Waals surface area contributed by atoms with Crippen LogP contribution in [0.2, 0.25) is 0 Å². The molecule has 3 nitrogen and oxygen atoms in total. The Hall–Kier alpha value is -7.93. The molecule has 1 aliphatic rings. The molecule has 1 aliphatic carbocycles. The predicted octanol–water partition coefficient (Wildman–Crippen LogP) is 14.2. The van der Waals surface area contributed by atoms with Gasteiger partial charge in [-0.2, -0.15) is 5.26 Å². The third-order valence-electron chi connectivity index (χ3n) is 12.1. The molecule has 0 fully saturated rings. The summed E-state index contributed by atoms with van der Waals surface area (Å²) < 4.78 is 2.35. The van der Waals surface area contributed by atoms with Crippen molar-refractivity contribution in [2.75, 3.05) is 4.90 Å². The molecule has 0 radical (unpaired) electrons. The monoisotopic (exact) mass is 751 g/mol. The van der Waals surface area contributed by atoms with Crippen molar-refractivity contribution in [2.24, 2.45) is 0 Å². The minimum Gasteiger partial charge on any atom is -0.310 e. The van der Waals surface area contributed by atoms with Gasteiger partial charge < -0.3 is 9.47 Å². The molecule has 59 heavy (non-hydrogen) atoms. The molecule has 0 N–H and O–H groups in total. The van der Waals surface area contributed by atoms with Gasteiger partial charge in [-0.25, -0.2) is 0 Å². The highest BCUT2D eigenvalue weighted by Gasteiger charge is 2.46. The summed E-state index contributed by atoms with van der Waals surface area (Å²) in [5, 5.41) is 12.1. The lowest BCUT2D eigenvalue weighted by atomic mass is 9.67. The summed E-state index contributed by atoms with van der Waals surface area (Å²) in [6.07, 6.45) is 0. The van der Waals surface area contributed by atoms with Crippen molar-refractivity contribution in [1.82, 2.24) is 4.57 Å². The average molecular weight is 752 g/mol. The Labute approximate surface area is 343 Å². The van der Waals surface area contributed by atoms with Crippen molar-refractivity contribution >= 4 is 38.9 Å². The molecule has 0 saturated heterocycles. The standard InChI is InChI=1S/C56H37N3/c57-38-39-24-29-45(30-25-39)58(47-33-35-51-50-21-11-13-23-54(50)59(55(51)37-47)44-18-8-3-9-19-44)46-31-26-40(27-32-46)41-28-34-49-48-20-10-12-22-52(48)56(53(49)36-41,42-14-4-1-5-15-42)43-16-6-2-7-17-43/h1-37H. The first-order valence-electron chi connectivity index (χ1n) is 20.1. The van der Waals surface area contributed by atoms with E-state index in [1.807, 2.05) is 24.3 Å². The van der Waals surface area contributed by atoms with Crippen LogP contribution in [0.25, 0.3) is 49.7 Å². The molecule has 0 unspecified atom stereocenters. The molecule has 3 heteroatoms. The third kappa shape index (κ3) is 5.42. The van der Waals surface area contributed by atoms with E-state index < -0.39 is 5.41 Å². The Kier molecular flexibility index (Phi) is 8.10. The van der Waals surface area contributed by atoms with Gasteiger partial charge in [0.25, 0.3) is 0 Å². The van der Waals surface area contributed by atoms with Gasteiger partial charge in [0, 0.05) is 33.5 Å². The zero-order valence-corrected chi connectivity index (χ0v) is 32.2. The maximum Gasteiger partial charge on any atom is 0.0991 e. The van der Waals surface area contributed by atoms with E-state index in [-0.39, 0.29) is 0 Å². The molecule has 9 aromatic carbocycles. The largest absolute Gasteiger partial charge is 0.310 e. The fourth-order valence-corrected chi connectivity index (χ4v) is 9.51. The van der Waals surface area contributed by atoms with Gasteiger partial charge in [0.15, 0.2) is 0 Å². The van der Waals surface area contributed by atoms with Crippen molar-refractivity contribution in [3.8, 4) is 34.0 Å². The van der Waals surface area contributed by atoms with Crippen LogP contribution >= 0.6 is 0 Å². The Morgan fingerprint density at radius 2 is 0.949 bits per heavy atom. The lowest BCUT2D eigenvalue weighted by molar-refractivity contribution is 0.769. The highest BCUT2D eigenvalue weighted by atomic mass is 15.1. The smallest absolute Gasteiger partial charge is 0.0991 e. The number of nitriles is 1. The first kappa shape index (κ1) is 34.3. The maximum absolute atomic E-state index is 9.67. The van der Waals surface area contributed by atoms with Gasteiger partial charge in [-0.15, -0.1) is 0 Å². The summed E-state index contributed by atoms with van der Waals surface area (Å²) >= 11 is 0. The molecule has 0 aliphatic heterocycles. The second kappa shape index (κ2) is 13.9. The molecule has 11 rings (SSSR count). The van der Waals surface area contributed by atoms with Crippen LogP contribution in [-0.4, -0.2) is 4.57 Å². The first-order chi connectivity index (χ1) is 29.2. The Morgan fingerprint density at radius 1 is 0.407 bits per heavy atom. The lowest BCUT2D eigenvalue weighted by Gasteiger charge is -2.34. The molecule has 0 saturated carbocycles. The van der Waals surface area contributed by atoms with Gasteiger partial charge in [-0.05, 0) is 117 Å². The van der Waals surface area contributed by atoms with Gasteiger partial charge in [-0.3, -0.25) is 0 Å². The van der Waals surface area contributed by atoms with Crippen LogP contribution in [-0.2, 0) is 5.41 Å². The van der Waals surface area contributed by atoms with Crippen LogP contribution in [0.4, 0.5) is 17.1 Å². The quantitative estimate of drug-likeness (QED) is 0.162. The number of rotatable bonds is 7. The van der Waals surface area contributed by atoms with Crippen LogP contribution in [0.3, 0.4) is 0 Å². The number of nitrogens with zero attached hydrogens (tertiary/aromatic N) is 3. The van der Waals surface area contributed by atoms with Crippen LogP contribution in [0.1, 0.15) is 27.8 Å². The number of hydrogen-bond donors (Lipinski definition) is 0. The number of aromatic nitrogens is 1. The predicted molar refractivity (Wildman–Crippen MR) is 243 cm³/mol. The summed E-state index contributed by atoms with van der Waals surface area (Å²) in [5.41, 5.74) is 16.6. The van der Waals surface area contributed by atoms with Crippen molar-refractivity contribution in [3.63, 3.8) is 0 Å². The molecule has 1 heterocycles. The summed E-state index contributed by atoms with van der Waals surface area (Å²) in [7, 11) is 0. The number of anilines is 3. The van der Waals surface area contributed by atoms with Crippen LogP contribution in [0, 0.1) is 11.3 Å². The van der Waals surface area contributed by atoms with Crippen molar-refractivity contribution < 1.29 is 0 Å². The molecule has 0 spiro atoms. The summed E-state index contributed by atoms with van der Waals surface area (Å²) in [4.78, 5) is 2.28. The SMILES string of the molecule is N#Cc1ccc(N(c2ccc(-c3ccc4c(c3)C(c3ccccc3)(c3ccccc3)c3ccccc3-4)cc2)c2ccc3c4ccccc4n(-c4ccccc4)c3c2)cc1. The molecular formula is C56H37N3. The lowest BCUT2D eigenvalue weighted by Crippen LogP contribution is -2.28. The normalized spacial score (nSPS) is 12.5. The average Bonchev–Trinajstić information content (AvgIpc) is 3.80. The van der Waals surface area contributed by atoms with Crippen LogP contribution < -0.4 is 4.90 Å². The minimum atomic E-state index is -0.461. The van der Waals surface area contributed by atoms with E-state index in [1.165, 1.54) is 49.7 Å². The third-order valence-corrected chi connectivity index (χ3v) is 12.1. The van der Waals surface area contributed by atoms with E-state index in [4.69, 9.17) is 0 Å². The van der Waals surface area contributed by atoms with Crippen molar-refractivity contribution in [1.29, 1.82) is 5.26 Å². The zero-order valence-electron chi connectivity index (χ0n) is 32.2. The van der Waals surface area contributed by atoms with E-state index in [0.717, 1.165) is 39.4 Å². The van der Waals surface area contributed by atoms with E-state index in [1.54, 1.807) is 0 Å². The molecular weight excluding hydrogens is 715 g/mol. The maximum atomic E-state index is 9.67. The van der Waals surface area contributed by atoms with E-state index in [9.17, 15) is 5.26 Å². The van der Waals surface area contributed by atoms with Crippen molar-refractivity contribution in [2.45, 2.75) is 5.41 Å². The van der Waals surface area contributed by atoms with Crippen LogP contribution in [0.15, 0.2) is 224 Å². The van der Waals surface area contributed by atoms with E-state index in [0.29, 0.717) is 5.56 Å². The van der Waals surface area contributed by atoms with Gasteiger partial charge in [0.05, 0.1) is 28.1 Å². The summed E-state index contributed by atoms with van der Waals surface area (Å²) in [6, 6.07) is 82.8. The number of benzene rings is 9. The zero-order chi connectivity index (χ0) is 39.3. The van der Waals surface area contributed by atoms with Gasteiger partial charge in [-0.1, -0.05) is 152 Å². The second-order valence-electron chi connectivity index (χ2n) is 15.2. The molecule has 1 aromatic heterocycles. The summed E-state index contributed by atoms with van der Waals surface area (Å²) in [6.45, 7) is 0. The number of para-hydroxylation sites is 2. The van der Waals surface area contributed by atoms with E-state index in [2.05, 4.69) is 216 Å². The van der Waals surface area contributed by atoms with Gasteiger partial charge in [0.2, 0.25) is 0 Å². The molecule has 10 aromatic rings. The Balaban J connectivity index is 1.06. The van der Waals surface area contributed by atoms with Gasteiger partial charge >= 0.3 is 0 Å². The van der Waals surface area contributed by atoms with Gasteiger partial charge in [0.1, 0.15) is 0 Å².